The van der Waals surface area contributed by atoms with Gasteiger partial charge in [0, 0.05) is 24.5 Å². The summed E-state index contributed by atoms with van der Waals surface area (Å²) in [6.07, 6.45) is 3.31. The van der Waals surface area contributed by atoms with Crippen molar-refractivity contribution in [3.8, 4) is 0 Å². The Morgan fingerprint density at radius 3 is 2.50 bits per heavy atom. The monoisotopic (exact) mass is 302 g/mol. The van der Waals surface area contributed by atoms with E-state index in [0.29, 0.717) is 5.56 Å². The maximum Gasteiger partial charge on any atom is 0.319 e. The number of benzene rings is 1. The molecular formula is C16H22N4O2. The molecule has 0 bridgehead atoms. The van der Waals surface area contributed by atoms with Crippen LogP contribution in [-0.4, -0.2) is 27.5 Å². The van der Waals surface area contributed by atoms with Crippen LogP contribution < -0.4 is 10.6 Å². The molecule has 0 aliphatic carbocycles. The largest absolute Gasteiger partial charge is 0.383 e. The smallest absolute Gasteiger partial charge is 0.319 e. The Hall–Kier alpha value is -2.34. The molecule has 2 rings (SSSR count). The summed E-state index contributed by atoms with van der Waals surface area (Å²) in [6, 6.07) is 5.47. The Balaban J connectivity index is 1.95. The lowest BCUT2D eigenvalue weighted by atomic mass is 10.00. The molecule has 0 spiro atoms. The molecule has 0 aliphatic heterocycles. The van der Waals surface area contributed by atoms with Gasteiger partial charge >= 0.3 is 6.03 Å². The molecule has 0 radical (unpaired) electrons. The molecule has 0 saturated carbocycles. The lowest BCUT2D eigenvalue weighted by molar-refractivity contribution is 0.0599. The molecule has 3 N–H and O–H groups in total. The first kappa shape index (κ1) is 16.0. The van der Waals surface area contributed by atoms with E-state index in [2.05, 4.69) is 15.7 Å². The van der Waals surface area contributed by atoms with Crippen LogP contribution in [0.25, 0.3) is 0 Å². The number of urea groups is 1. The molecule has 1 aromatic carbocycles. The molecule has 2 aromatic rings. The predicted octanol–water partition coefficient (Wildman–Crippen LogP) is 2.07. The Labute approximate surface area is 130 Å². The zero-order chi connectivity index (χ0) is 16.3. The second kappa shape index (κ2) is 6.19. The van der Waals surface area contributed by atoms with Crippen molar-refractivity contribution in [2.24, 2.45) is 7.05 Å². The molecule has 1 atom stereocenters. The zero-order valence-corrected chi connectivity index (χ0v) is 13.3. The minimum Gasteiger partial charge on any atom is -0.383 e. The molecular weight excluding hydrogens is 280 g/mol. The van der Waals surface area contributed by atoms with E-state index in [1.54, 1.807) is 31.0 Å². The SMILES string of the molecule is Cc1cc(C)cc(NC(=O)NCC(C)(O)c2cnn(C)c2)c1. The first-order chi connectivity index (χ1) is 10.3. The van der Waals surface area contributed by atoms with E-state index < -0.39 is 5.60 Å². The highest BCUT2D eigenvalue weighted by atomic mass is 16.3. The van der Waals surface area contributed by atoms with Gasteiger partial charge in [-0.05, 0) is 44.0 Å². The fraction of sp³-hybridized carbons (Fsp3) is 0.375. The Morgan fingerprint density at radius 1 is 1.32 bits per heavy atom. The standard InChI is InChI=1S/C16H22N4O2/c1-11-5-12(2)7-14(6-11)19-15(21)17-10-16(3,22)13-8-18-20(4)9-13/h5-9,22H,10H2,1-4H3,(H2,17,19,21). The van der Waals surface area contributed by atoms with Gasteiger partial charge in [-0.3, -0.25) is 4.68 Å². The van der Waals surface area contributed by atoms with Crippen molar-refractivity contribution in [3.63, 3.8) is 0 Å². The minimum absolute atomic E-state index is 0.0926. The molecule has 1 heterocycles. The Morgan fingerprint density at radius 2 is 1.95 bits per heavy atom. The van der Waals surface area contributed by atoms with E-state index in [1.165, 1.54) is 0 Å². The van der Waals surface area contributed by atoms with Gasteiger partial charge in [0.2, 0.25) is 0 Å². The number of hydrogen-bond acceptors (Lipinski definition) is 3. The van der Waals surface area contributed by atoms with Gasteiger partial charge in [-0.15, -0.1) is 0 Å². The van der Waals surface area contributed by atoms with Crippen LogP contribution in [0, 0.1) is 13.8 Å². The summed E-state index contributed by atoms with van der Waals surface area (Å²) in [5, 5.41) is 19.9. The summed E-state index contributed by atoms with van der Waals surface area (Å²) >= 11 is 0. The number of aryl methyl sites for hydroxylation is 3. The van der Waals surface area contributed by atoms with Gasteiger partial charge in [-0.2, -0.15) is 5.10 Å². The third-order valence-corrected chi connectivity index (χ3v) is 3.40. The van der Waals surface area contributed by atoms with Crippen molar-refractivity contribution in [1.82, 2.24) is 15.1 Å². The van der Waals surface area contributed by atoms with E-state index in [1.807, 2.05) is 32.0 Å². The molecule has 22 heavy (non-hydrogen) atoms. The average molecular weight is 302 g/mol. The average Bonchev–Trinajstić information content (AvgIpc) is 2.83. The number of anilines is 1. The van der Waals surface area contributed by atoms with Crippen molar-refractivity contribution in [2.75, 3.05) is 11.9 Å². The van der Waals surface area contributed by atoms with Gasteiger partial charge < -0.3 is 15.7 Å². The van der Waals surface area contributed by atoms with Gasteiger partial charge in [0.15, 0.2) is 0 Å². The third kappa shape index (κ3) is 4.08. The van der Waals surface area contributed by atoms with Crippen LogP contribution in [-0.2, 0) is 12.6 Å². The van der Waals surface area contributed by atoms with Gasteiger partial charge in [-0.1, -0.05) is 6.07 Å². The molecule has 1 unspecified atom stereocenters. The second-order valence-electron chi connectivity index (χ2n) is 5.86. The highest BCUT2D eigenvalue weighted by Gasteiger charge is 2.25. The van der Waals surface area contributed by atoms with E-state index in [-0.39, 0.29) is 12.6 Å². The molecule has 118 valence electrons. The van der Waals surface area contributed by atoms with Crippen molar-refractivity contribution in [3.05, 3.63) is 47.3 Å². The first-order valence-corrected chi connectivity index (χ1v) is 7.11. The summed E-state index contributed by atoms with van der Waals surface area (Å²) < 4.78 is 1.61. The maximum absolute atomic E-state index is 12.0. The number of carbonyl (C=O) groups is 1. The fourth-order valence-electron chi connectivity index (χ4n) is 2.28. The summed E-state index contributed by atoms with van der Waals surface area (Å²) in [5.41, 5.74) is 2.38. The quantitative estimate of drug-likeness (QED) is 0.809. The van der Waals surface area contributed by atoms with Crippen LogP contribution >= 0.6 is 0 Å². The third-order valence-electron chi connectivity index (χ3n) is 3.40. The molecule has 6 nitrogen and oxygen atoms in total. The number of carbonyl (C=O) groups excluding carboxylic acids is 1. The summed E-state index contributed by atoms with van der Waals surface area (Å²) in [5.74, 6) is 0. The molecule has 0 aliphatic rings. The molecule has 2 amide bonds. The fourth-order valence-corrected chi connectivity index (χ4v) is 2.28. The Kier molecular flexibility index (Phi) is 4.51. The predicted molar refractivity (Wildman–Crippen MR) is 85.7 cm³/mol. The van der Waals surface area contributed by atoms with Crippen molar-refractivity contribution < 1.29 is 9.90 Å². The molecule has 0 saturated heterocycles. The van der Waals surface area contributed by atoms with Crippen LogP contribution in [0.2, 0.25) is 0 Å². The topological polar surface area (TPSA) is 79.2 Å². The lowest BCUT2D eigenvalue weighted by Crippen LogP contribution is -2.40. The molecule has 6 heteroatoms. The maximum atomic E-state index is 12.0. The van der Waals surface area contributed by atoms with Crippen LogP contribution in [0.5, 0.6) is 0 Å². The van der Waals surface area contributed by atoms with E-state index >= 15 is 0 Å². The number of nitrogens with one attached hydrogen (secondary N) is 2. The summed E-state index contributed by atoms with van der Waals surface area (Å²) in [7, 11) is 1.78. The van der Waals surface area contributed by atoms with Crippen LogP contribution in [0.1, 0.15) is 23.6 Å². The van der Waals surface area contributed by atoms with Gasteiger partial charge in [0.1, 0.15) is 5.60 Å². The van der Waals surface area contributed by atoms with Gasteiger partial charge in [-0.25, -0.2) is 4.79 Å². The van der Waals surface area contributed by atoms with Gasteiger partial charge in [0.25, 0.3) is 0 Å². The lowest BCUT2D eigenvalue weighted by Gasteiger charge is -2.22. The second-order valence-corrected chi connectivity index (χ2v) is 5.86. The van der Waals surface area contributed by atoms with Crippen molar-refractivity contribution in [2.45, 2.75) is 26.4 Å². The highest BCUT2D eigenvalue weighted by Crippen LogP contribution is 2.18. The van der Waals surface area contributed by atoms with Gasteiger partial charge in [0.05, 0.1) is 12.7 Å². The van der Waals surface area contributed by atoms with Crippen LogP contribution in [0.3, 0.4) is 0 Å². The minimum atomic E-state index is -1.17. The highest BCUT2D eigenvalue weighted by molar-refractivity contribution is 5.89. The normalized spacial score (nSPS) is 13.5. The first-order valence-electron chi connectivity index (χ1n) is 7.11. The number of rotatable bonds is 4. The van der Waals surface area contributed by atoms with E-state index in [9.17, 15) is 9.90 Å². The summed E-state index contributed by atoms with van der Waals surface area (Å²) in [4.78, 5) is 12.0. The van der Waals surface area contributed by atoms with E-state index in [4.69, 9.17) is 0 Å². The van der Waals surface area contributed by atoms with Crippen molar-refractivity contribution >= 4 is 11.7 Å². The molecule has 0 fully saturated rings. The number of hydrogen-bond donors (Lipinski definition) is 3. The van der Waals surface area contributed by atoms with Crippen LogP contribution in [0.15, 0.2) is 30.6 Å². The van der Waals surface area contributed by atoms with Crippen molar-refractivity contribution in [1.29, 1.82) is 0 Å². The number of aromatic nitrogens is 2. The molecule has 1 aromatic heterocycles. The Bertz CT molecular complexity index is 656. The number of aliphatic hydroxyl groups is 1. The zero-order valence-electron chi connectivity index (χ0n) is 13.3. The van der Waals surface area contributed by atoms with Crippen LogP contribution in [0.4, 0.5) is 10.5 Å². The number of amides is 2. The van der Waals surface area contributed by atoms with E-state index in [0.717, 1.165) is 16.8 Å². The summed E-state index contributed by atoms with van der Waals surface area (Å²) in [6.45, 7) is 5.68. The number of nitrogens with zero attached hydrogens (tertiary/aromatic N) is 2.